The van der Waals surface area contributed by atoms with Gasteiger partial charge in [-0.1, -0.05) is 0 Å². The standard InChI is InChI=1S/C13H24N2O4/c1-13(2,3)19-12(17)14-10-6-7-15(4)8-9(10)11(16)18-5/h9-10H,6-8H2,1-5H3,(H,14,17)/t9-,10+/m0/s1. The number of piperidine rings is 1. The van der Waals surface area contributed by atoms with Crippen LogP contribution in [0.1, 0.15) is 27.2 Å². The van der Waals surface area contributed by atoms with E-state index >= 15 is 0 Å². The molecule has 0 aromatic carbocycles. The minimum Gasteiger partial charge on any atom is -0.469 e. The molecule has 0 unspecified atom stereocenters. The fourth-order valence-corrected chi connectivity index (χ4v) is 2.14. The first-order valence-electron chi connectivity index (χ1n) is 6.49. The fourth-order valence-electron chi connectivity index (χ4n) is 2.14. The molecular weight excluding hydrogens is 248 g/mol. The maximum absolute atomic E-state index is 11.8. The molecule has 1 saturated heterocycles. The molecule has 1 heterocycles. The number of hydrogen-bond donors (Lipinski definition) is 1. The number of nitrogens with one attached hydrogen (secondary N) is 1. The molecule has 0 bridgehead atoms. The van der Waals surface area contributed by atoms with Gasteiger partial charge in [0.1, 0.15) is 5.60 Å². The van der Waals surface area contributed by atoms with E-state index in [1.54, 1.807) is 20.8 Å². The van der Waals surface area contributed by atoms with Crippen LogP contribution in [0.15, 0.2) is 0 Å². The first-order valence-corrected chi connectivity index (χ1v) is 6.49. The zero-order chi connectivity index (χ0) is 14.6. The van der Waals surface area contributed by atoms with Crippen LogP contribution in [0.25, 0.3) is 0 Å². The summed E-state index contributed by atoms with van der Waals surface area (Å²) in [5, 5.41) is 2.77. The van der Waals surface area contributed by atoms with E-state index in [1.165, 1.54) is 7.11 Å². The molecule has 6 heteroatoms. The van der Waals surface area contributed by atoms with E-state index in [-0.39, 0.29) is 17.9 Å². The van der Waals surface area contributed by atoms with Crippen molar-refractivity contribution in [3.8, 4) is 0 Å². The molecule has 0 radical (unpaired) electrons. The SMILES string of the molecule is COC(=O)[C@H]1CN(C)CC[C@H]1NC(=O)OC(C)(C)C. The number of rotatable bonds is 2. The first-order chi connectivity index (χ1) is 8.73. The average Bonchev–Trinajstić information content (AvgIpc) is 2.28. The number of nitrogens with zero attached hydrogens (tertiary/aromatic N) is 1. The average molecular weight is 272 g/mol. The van der Waals surface area contributed by atoms with Crippen molar-refractivity contribution in [1.82, 2.24) is 10.2 Å². The molecule has 19 heavy (non-hydrogen) atoms. The molecule has 1 aliphatic rings. The summed E-state index contributed by atoms with van der Waals surface area (Å²) >= 11 is 0. The Balaban J connectivity index is 2.63. The number of carbonyl (C=O) groups is 2. The molecule has 110 valence electrons. The van der Waals surface area contributed by atoms with Crippen molar-refractivity contribution in [2.24, 2.45) is 5.92 Å². The van der Waals surface area contributed by atoms with Gasteiger partial charge in [-0.2, -0.15) is 0 Å². The van der Waals surface area contributed by atoms with Crippen molar-refractivity contribution in [3.05, 3.63) is 0 Å². The van der Waals surface area contributed by atoms with Gasteiger partial charge < -0.3 is 19.7 Å². The monoisotopic (exact) mass is 272 g/mol. The highest BCUT2D eigenvalue weighted by Crippen LogP contribution is 2.18. The van der Waals surface area contributed by atoms with Crippen molar-refractivity contribution in [2.75, 3.05) is 27.2 Å². The lowest BCUT2D eigenvalue weighted by Gasteiger charge is -2.35. The van der Waals surface area contributed by atoms with Crippen molar-refractivity contribution >= 4 is 12.1 Å². The normalized spacial score (nSPS) is 24.7. The highest BCUT2D eigenvalue weighted by Gasteiger charge is 2.35. The van der Waals surface area contributed by atoms with Crippen LogP contribution in [-0.4, -0.2) is 55.9 Å². The van der Waals surface area contributed by atoms with Gasteiger partial charge in [0, 0.05) is 12.6 Å². The van der Waals surface area contributed by atoms with E-state index in [9.17, 15) is 9.59 Å². The van der Waals surface area contributed by atoms with Crippen LogP contribution in [0.4, 0.5) is 4.79 Å². The highest BCUT2D eigenvalue weighted by atomic mass is 16.6. The van der Waals surface area contributed by atoms with Crippen LogP contribution in [0, 0.1) is 5.92 Å². The van der Waals surface area contributed by atoms with Gasteiger partial charge in [0.15, 0.2) is 0 Å². The zero-order valence-corrected chi connectivity index (χ0v) is 12.4. The predicted molar refractivity (Wildman–Crippen MR) is 70.8 cm³/mol. The number of esters is 1. The van der Waals surface area contributed by atoms with Crippen LogP contribution >= 0.6 is 0 Å². The fraction of sp³-hybridized carbons (Fsp3) is 0.846. The van der Waals surface area contributed by atoms with Gasteiger partial charge in [-0.25, -0.2) is 4.79 Å². The summed E-state index contributed by atoms with van der Waals surface area (Å²) < 4.78 is 10.0. The van der Waals surface area contributed by atoms with Gasteiger partial charge in [0.2, 0.25) is 0 Å². The first kappa shape index (κ1) is 15.8. The van der Waals surface area contributed by atoms with Crippen molar-refractivity contribution in [2.45, 2.75) is 38.8 Å². The number of hydrogen-bond acceptors (Lipinski definition) is 5. The summed E-state index contributed by atoms with van der Waals surface area (Å²) in [5.41, 5.74) is -0.545. The summed E-state index contributed by atoms with van der Waals surface area (Å²) in [5.74, 6) is -0.649. The molecule has 0 aromatic rings. The molecule has 1 N–H and O–H groups in total. The van der Waals surface area contributed by atoms with E-state index in [2.05, 4.69) is 10.2 Å². The Morgan fingerprint density at radius 2 is 1.95 bits per heavy atom. The van der Waals surface area contributed by atoms with Gasteiger partial charge in [-0.05, 0) is 40.8 Å². The topological polar surface area (TPSA) is 67.9 Å². The Morgan fingerprint density at radius 3 is 2.47 bits per heavy atom. The van der Waals surface area contributed by atoms with Crippen LogP contribution in [0.2, 0.25) is 0 Å². The lowest BCUT2D eigenvalue weighted by Crippen LogP contribution is -2.53. The summed E-state index contributed by atoms with van der Waals surface area (Å²) in [6, 6.07) is -0.238. The Hall–Kier alpha value is -1.30. The maximum Gasteiger partial charge on any atom is 0.407 e. The molecular formula is C13H24N2O4. The van der Waals surface area contributed by atoms with Gasteiger partial charge in [-0.15, -0.1) is 0 Å². The van der Waals surface area contributed by atoms with E-state index in [0.717, 1.165) is 6.54 Å². The maximum atomic E-state index is 11.8. The van der Waals surface area contributed by atoms with Crippen LogP contribution < -0.4 is 5.32 Å². The number of carbonyl (C=O) groups excluding carboxylic acids is 2. The molecule has 0 aromatic heterocycles. The summed E-state index contributed by atoms with van der Waals surface area (Å²) in [6.07, 6.45) is 0.214. The smallest absolute Gasteiger partial charge is 0.407 e. The number of methoxy groups -OCH3 is 1. The molecule has 0 saturated carbocycles. The molecule has 0 spiro atoms. The molecule has 1 amide bonds. The Labute approximate surface area is 114 Å². The number of likely N-dealkylation sites (tertiary alicyclic amines) is 1. The number of alkyl carbamates (subject to hydrolysis) is 1. The minimum atomic E-state index is -0.545. The minimum absolute atomic E-state index is 0.238. The largest absolute Gasteiger partial charge is 0.469 e. The second-order valence-corrected chi connectivity index (χ2v) is 5.93. The van der Waals surface area contributed by atoms with Crippen molar-refractivity contribution in [1.29, 1.82) is 0 Å². The van der Waals surface area contributed by atoms with Gasteiger partial charge in [-0.3, -0.25) is 4.79 Å². The van der Waals surface area contributed by atoms with Crippen LogP contribution in [0.3, 0.4) is 0 Å². The van der Waals surface area contributed by atoms with E-state index in [1.807, 2.05) is 7.05 Å². The van der Waals surface area contributed by atoms with Crippen LogP contribution in [-0.2, 0) is 14.3 Å². The Morgan fingerprint density at radius 1 is 1.32 bits per heavy atom. The van der Waals surface area contributed by atoms with E-state index in [0.29, 0.717) is 13.0 Å². The molecule has 1 rings (SSSR count). The third kappa shape index (κ3) is 5.06. The summed E-state index contributed by atoms with van der Waals surface area (Å²) in [4.78, 5) is 25.6. The number of amides is 1. The third-order valence-electron chi connectivity index (χ3n) is 3.02. The highest BCUT2D eigenvalue weighted by molar-refractivity contribution is 5.75. The van der Waals surface area contributed by atoms with Crippen molar-refractivity contribution < 1.29 is 19.1 Å². The molecule has 1 aliphatic heterocycles. The van der Waals surface area contributed by atoms with E-state index < -0.39 is 11.7 Å². The van der Waals surface area contributed by atoms with Gasteiger partial charge in [0.05, 0.1) is 13.0 Å². The lowest BCUT2D eigenvalue weighted by atomic mass is 9.92. The van der Waals surface area contributed by atoms with Crippen molar-refractivity contribution in [3.63, 3.8) is 0 Å². The van der Waals surface area contributed by atoms with E-state index in [4.69, 9.17) is 9.47 Å². The summed E-state index contributed by atoms with van der Waals surface area (Å²) in [7, 11) is 3.31. The Bertz CT molecular complexity index is 338. The molecule has 2 atom stereocenters. The second kappa shape index (κ2) is 6.23. The van der Waals surface area contributed by atoms with Gasteiger partial charge in [0.25, 0.3) is 0 Å². The quantitative estimate of drug-likeness (QED) is 0.760. The van der Waals surface area contributed by atoms with Crippen LogP contribution in [0.5, 0.6) is 0 Å². The van der Waals surface area contributed by atoms with Gasteiger partial charge >= 0.3 is 12.1 Å². The lowest BCUT2D eigenvalue weighted by molar-refractivity contribution is -0.148. The molecule has 0 aliphatic carbocycles. The predicted octanol–water partition coefficient (Wildman–Crippen LogP) is 1.00. The Kier molecular flexibility index (Phi) is 5.17. The molecule has 6 nitrogen and oxygen atoms in total. The summed E-state index contributed by atoms with van der Waals surface area (Å²) in [6.45, 7) is 6.82. The second-order valence-electron chi connectivity index (χ2n) is 5.93. The molecule has 1 fully saturated rings. The third-order valence-corrected chi connectivity index (χ3v) is 3.02. The zero-order valence-electron chi connectivity index (χ0n) is 12.4. The number of ether oxygens (including phenoxy) is 2.